The molecule has 0 amide bonds. The van der Waals surface area contributed by atoms with E-state index in [1.54, 1.807) is 0 Å². The normalized spacial score (nSPS) is 13.7. The highest BCUT2D eigenvalue weighted by Crippen LogP contribution is 2.35. The highest BCUT2D eigenvalue weighted by atomic mass is 35.5. The molecule has 0 atom stereocenters. The number of hydrogen-bond acceptors (Lipinski definition) is 2. The number of nitrogens with zero attached hydrogens (tertiary/aromatic N) is 1. The van der Waals surface area contributed by atoms with Gasteiger partial charge in [0.2, 0.25) is 0 Å². The molecule has 0 aliphatic carbocycles. The van der Waals surface area contributed by atoms with Gasteiger partial charge in [-0.3, -0.25) is 0 Å². The second-order valence-corrected chi connectivity index (χ2v) is 5.53. The van der Waals surface area contributed by atoms with Crippen LogP contribution in [0.2, 0.25) is 5.02 Å². The molecule has 0 radical (unpaired) electrons. The lowest BCUT2D eigenvalue weighted by atomic mass is 10.1. The maximum absolute atomic E-state index is 6.32. The van der Waals surface area contributed by atoms with Gasteiger partial charge in [-0.15, -0.1) is 0 Å². The van der Waals surface area contributed by atoms with Gasteiger partial charge >= 0.3 is 0 Å². The second kappa shape index (κ2) is 4.78. The summed E-state index contributed by atoms with van der Waals surface area (Å²) in [5.74, 6) is 0. The Morgan fingerprint density at radius 3 is 2.89 bits per heavy atom. The smallest absolute Gasteiger partial charge is 0.0636 e. The van der Waals surface area contributed by atoms with Crippen LogP contribution in [0, 0.1) is 6.92 Å². The zero-order chi connectivity index (χ0) is 13.4. The first kappa shape index (κ1) is 12.4. The van der Waals surface area contributed by atoms with Crippen LogP contribution in [0.1, 0.15) is 16.7 Å². The van der Waals surface area contributed by atoms with Crippen molar-refractivity contribution in [3.63, 3.8) is 0 Å². The molecule has 19 heavy (non-hydrogen) atoms. The SMILES string of the molecule is Cc1ccc(CN2CCc3cccc(N)c32)c(Cl)c1. The zero-order valence-corrected chi connectivity index (χ0v) is 11.7. The Hall–Kier alpha value is -1.67. The highest BCUT2D eigenvalue weighted by Gasteiger charge is 2.21. The number of rotatable bonds is 2. The van der Waals surface area contributed by atoms with Crippen molar-refractivity contribution < 1.29 is 0 Å². The predicted octanol–water partition coefficient (Wildman–Crippen LogP) is 3.79. The molecule has 1 heterocycles. The van der Waals surface area contributed by atoms with Crippen LogP contribution in [0.15, 0.2) is 36.4 Å². The van der Waals surface area contributed by atoms with Crippen LogP contribution >= 0.6 is 11.6 Å². The molecule has 0 spiro atoms. The quantitative estimate of drug-likeness (QED) is 0.843. The molecule has 1 aliphatic rings. The Bertz CT molecular complexity index is 622. The van der Waals surface area contributed by atoms with Gasteiger partial charge in [-0.2, -0.15) is 0 Å². The van der Waals surface area contributed by atoms with Gasteiger partial charge in [-0.05, 0) is 42.2 Å². The van der Waals surface area contributed by atoms with Crippen LogP contribution in [0.3, 0.4) is 0 Å². The largest absolute Gasteiger partial charge is 0.397 e. The Morgan fingerprint density at radius 2 is 2.11 bits per heavy atom. The van der Waals surface area contributed by atoms with E-state index in [4.69, 9.17) is 17.3 Å². The van der Waals surface area contributed by atoms with Crippen LogP contribution in [-0.2, 0) is 13.0 Å². The number of anilines is 2. The van der Waals surface area contributed by atoms with Crippen molar-refractivity contribution in [2.45, 2.75) is 19.9 Å². The topological polar surface area (TPSA) is 29.3 Å². The summed E-state index contributed by atoms with van der Waals surface area (Å²) in [5, 5.41) is 0.836. The third kappa shape index (κ3) is 2.28. The van der Waals surface area contributed by atoms with Crippen LogP contribution in [-0.4, -0.2) is 6.54 Å². The van der Waals surface area contributed by atoms with Gasteiger partial charge in [0.25, 0.3) is 0 Å². The maximum Gasteiger partial charge on any atom is 0.0636 e. The summed E-state index contributed by atoms with van der Waals surface area (Å²) in [7, 11) is 0. The molecule has 2 nitrogen and oxygen atoms in total. The van der Waals surface area contributed by atoms with E-state index in [0.29, 0.717) is 0 Å². The molecule has 0 bridgehead atoms. The van der Waals surface area contributed by atoms with Crippen LogP contribution in [0.5, 0.6) is 0 Å². The zero-order valence-electron chi connectivity index (χ0n) is 11.0. The van der Waals surface area contributed by atoms with Crippen molar-refractivity contribution in [2.24, 2.45) is 0 Å². The number of hydrogen-bond donors (Lipinski definition) is 1. The molecule has 2 aromatic rings. The van der Waals surface area contributed by atoms with Crippen molar-refractivity contribution in [2.75, 3.05) is 17.2 Å². The number of halogens is 1. The van der Waals surface area contributed by atoms with E-state index >= 15 is 0 Å². The standard InChI is InChI=1S/C16H17ClN2/c1-11-5-6-13(14(17)9-11)10-19-8-7-12-3-2-4-15(18)16(12)19/h2-6,9H,7-8,10,18H2,1H3. The Labute approximate surface area is 118 Å². The van der Waals surface area contributed by atoms with E-state index < -0.39 is 0 Å². The first-order chi connectivity index (χ1) is 9.15. The van der Waals surface area contributed by atoms with E-state index in [9.17, 15) is 0 Å². The Balaban J connectivity index is 1.91. The fraction of sp³-hybridized carbons (Fsp3) is 0.250. The van der Waals surface area contributed by atoms with Gasteiger partial charge in [-0.1, -0.05) is 35.9 Å². The molecular weight excluding hydrogens is 256 g/mol. The number of nitrogen functional groups attached to an aromatic ring is 1. The molecule has 98 valence electrons. The first-order valence-electron chi connectivity index (χ1n) is 6.52. The fourth-order valence-corrected chi connectivity index (χ4v) is 3.00. The van der Waals surface area contributed by atoms with Gasteiger partial charge < -0.3 is 10.6 Å². The lowest BCUT2D eigenvalue weighted by molar-refractivity contribution is 0.836. The number of nitrogens with two attached hydrogens (primary N) is 1. The molecule has 2 N–H and O–H groups in total. The van der Waals surface area contributed by atoms with E-state index in [2.05, 4.69) is 30.0 Å². The van der Waals surface area contributed by atoms with E-state index in [1.807, 2.05) is 18.2 Å². The van der Waals surface area contributed by atoms with Gasteiger partial charge in [0, 0.05) is 18.1 Å². The van der Waals surface area contributed by atoms with Crippen molar-refractivity contribution >= 4 is 23.0 Å². The van der Waals surface area contributed by atoms with Gasteiger partial charge in [0.05, 0.1) is 11.4 Å². The summed E-state index contributed by atoms with van der Waals surface area (Å²) in [6, 6.07) is 12.4. The number of aryl methyl sites for hydroxylation is 1. The first-order valence-corrected chi connectivity index (χ1v) is 6.90. The minimum absolute atomic E-state index is 0.820. The highest BCUT2D eigenvalue weighted by molar-refractivity contribution is 6.31. The Kier molecular flexibility index (Phi) is 3.11. The molecule has 2 aromatic carbocycles. The molecule has 0 saturated carbocycles. The van der Waals surface area contributed by atoms with Gasteiger partial charge in [-0.25, -0.2) is 0 Å². The molecule has 3 rings (SSSR count). The maximum atomic E-state index is 6.32. The minimum atomic E-state index is 0.820. The summed E-state index contributed by atoms with van der Waals surface area (Å²) in [6.07, 6.45) is 1.06. The molecule has 0 aromatic heterocycles. The van der Waals surface area contributed by atoms with Gasteiger partial charge in [0.15, 0.2) is 0 Å². The third-order valence-electron chi connectivity index (χ3n) is 3.69. The average molecular weight is 273 g/mol. The Morgan fingerprint density at radius 1 is 1.26 bits per heavy atom. The van der Waals surface area contributed by atoms with Crippen LogP contribution < -0.4 is 10.6 Å². The summed E-state index contributed by atoms with van der Waals surface area (Å²) in [5.41, 5.74) is 11.8. The summed E-state index contributed by atoms with van der Waals surface area (Å²) in [4.78, 5) is 2.32. The summed E-state index contributed by atoms with van der Waals surface area (Å²) < 4.78 is 0. The summed E-state index contributed by atoms with van der Waals surface area (Å²) in [6.45, 7) is 3.88. The number of benzene rings is 2. The second-order valence-electron chi connectivity index (χ2n) is 5.12. The molecular formula is C16H17ClN2. The lowest BCUT2D eigenvalue weighted by Crippen LogP contribution is -2.20. The third-order valence-corrected chi connectivity index (χ3v) is 4.04. The fourth-order valence-electron chi connectivity index (χ4n) is 2.71. The predicted molar refractivity (Wildman–Crippen MR) is 81.8 cm³/mol. The molecule has 1 aliphatic heterocycles. The molecule has 0 saturated heterocycles. The van der Waals surface area contributed by atoms with E-state index in [1.165, 1.54) is 16.8 Å². The summed E-state index contributed by atoms with van der Waals surface area (Å²) >= 11 is 6.32. The monoisotopic (exact) mass is 272 g/mol. The van der Waals surface area contributed by atoms with Crippen molar-refractivity contribution in [3.05, 3.63) is 58.1 Å². The van der Waals surface area contributed by atoms with E-state index in [-0.39, 0.29) is 0 Å². The number of para-hydroxylation sites is 1. The van der Waals surface area contributed by atoms with Crippen LogP contribution in [0.4, 0.5) is 11.4 Å². The molecule has 0 fully saturated rings. The van der Waals surface area contributed by atoms with Crippen molar-refractivity contribution in [3.8, 4) is 0 Å². The van der Waals surface area contributed by atoms with E-state index in [0.717, 1.165) is 35.8 Å². The molecule has 3 heteroatoms. The minimum Gasteiger partial charge on any atom is -0.397 e. The molecule has 0 unspecified atom stereocenters. The van der Waals surface area contributed by atoms with Gasteiger partial charge in [0.1, 0.15) is 0 Å². The van der Waals surface area contributed by atoms with Crippen LogP contribution in [0.25, 0.3) is 0 Å². The van der Waals surface area contributed by atoms with Crippen molar-refractivity contribution in [1.29, 1.82) is 0 Å². The van der Waals surface area contributed by atoms with Crippen molar-refractivity contribution in [1.82, 2.24) is 0 Å². The number of fused-ring (bicyclic) bond motifs is 1. The lowest BCUT2D eigenvalue weighted by Gasteiger charge is -2.21. The average Bonchev–Trinajstić information content (AvgIpc) is 2.77.